The minimum absolute atomic E-state index is 0. The molecule has 0 saturated heterocycles. The van der Waals surface area contributed by atoms with Crippen molar-refractivity contribution in [3.8, 4) is 0 Å². The number of hydrogen-bond acceptors (Lipinski definition) is 0. The molecule has 96 valence electrons. The van der Waals surface area contributed by atoms with E-state index in [1.165, 1.54) is 12.8 Å². The summed E-state index contributed by atoms with van der Waals surface area (Å²) in [6, 6.07) is 0. The fraction of sp³-hybridized carbons (Fsp3) is 0.429. The minimum atomic E-state index is -1.34. The summed E-state index contributed by atoms with van der Waals surface area (Å²) in [6.45, 7) is 9.89. The van der Waals surface area contributed by atoms with Crippen LogP contribution in [0.15, 0.2) is 40.4 Å². The molecule has 3 rings (SSSR count). The van der Waals surface area contributed by atoms with Gasteiger partial charge in [0.15, 0.2) is 0 Å². The fourth-order valence-electron chi connectivity index (χ4n) is 3.41. The average Bonchev–Trinajstić information content (AvgIpc) is 2.75. The molecule has 0 radical (unpaired) electrons. The Morgan fingerprint density at radius 1 is 0.889 bits per heavy atom. The van der Waals surface area contributed by atoms with Crippen molar-refractivity contribution in [3.63, 3.8) is 0 Å². The van der Waals surface area contributed by atoms with Crippen molar-refractivity contribution in [2.75, 3.05) is 0 Å². The summed E-state index contributed by atoms with van der Waals surface area (Å²) in [7, 11) is -1.34. The van der Waals surface area contributed by atoms with Crippen LogP contribution in [-0.4, -0.2) is 8.07 Å². The summed E-state index contributed by atoms with van der Waals surface area (Å²) in [6.07, 6.45) is 7.76. The van der Waals surface area contributed by atoms with E-state index in [4.69, 9.17) is 0 Å². The van der Waals surface area contributed by atoms with E-state index in [1.54, 1.807) is 21.5 Å². The van der Waals surface area contributed by atoms with Gasteiger partial charge in [0.05, 0.1) is 0 Å². The molecule has 0 unspecified atom stereocenters. The Hall–Kier alpha value is 1.01. The molecule has 0 nitrogen and oxygen atoms in total. The monoisotopic (exact) mass is 552 g/mol. The first-order chi connectivity index (χ1) is 7.51. The predicted molar refractivity (Wildman–Crippen MR) is 68.3 cm³/mol. The maximum Gasteiger partial charge on any atom is -1.00 e. The average molecular weight is 553 g/mol. The first kappa shape index (κ1) is 17.1. The maximum absolute atomic E-state index is 2.57. The standard InChI is InChI=1S/C14H18Si.2BrH.Hf/c1-11-7-5-9-13(11)15(3,4)14-10-6-8-12(14)2;;;/h9-10H,5-6H2,1-4H3;2*1H;/q;;;+2/p-2. The molecule has 0 amide bonds. The van der Waals surface area contributed by atoms with Crippen LogP contribution in [0.25, 0.3) is 0 Å². The van der Waals surface area contributed by atoms with Crippen LogP contribution in [0.4, 0.5) is 0 Å². The van der Waals surface area contributed by atoms with Crippen molar-refractivity contribution >= 4 is 8.07 Å². The molecule has 18 heavy (non-hydrogen) atoms. The first-order valence-electron chi connectivity index (χ1n) is 6.10. The second-order valence-corrected chi connectivity index (χ2v) is 15.2. The molecule has 1 heterocycles. The van der Waals surface area contributed by atoms with Crippen LogP contribution >= 0.6 is 0 Å². The zero-order valence-corrected chi connectivity index (χ0v) is 19.1. The van der Waals surface area contributed by atoms with Crippen LogP contribution in [0.2, 0.25) is 13.1 Å². The van der Waals surface area contributed by atoms with Gasteiger partial charge in [0.25, 0.3) is 0 Å². The summed E-state index contributed by atoms with van der Waals surface area (Å²) in [4.78, 5) is 0. The van der Waals surface area contributed by atoms with Crippen molar-refractivity contribution < 1.29 is 56.9 Å². The van der Waals surface area contributed by atoms with Gasteiger partial charge in [-0.05, 0) is 0 Å². The third kappa shape index (κ3) is 2.36. The number of allylic oxidation sites excluding steroid dienone is 8. The van der Waals surface area contributed by atoms with Crippen LogP contribution in [0, 0.1) is 0 Å². The predicted octanol–water partition coefficient (Wildman–Crippen LogP) is -1.91. The summed E-state index contributed by atoms with van der Waals surface area (Å²) in [5.41, 5.74) is 3.44. The van der Waals surface area contributed by atoms with Crippen molar-refractivity contribution in [3.05, 3.63) is 40.4 Å². The SMILES string of the molecule is CC1=[C]2CC=C1[Si](C)(C)C1=CC[C](=C1C)[Hf+2]2.[Br-].[Br-]. The normalized spacial score (nSPS) is 22.9. The molecular formula is C14H18Br2HfSi. The summed E-state index contributed by atoms with van der Waals surface area (Å²) in [5.74, 6) is 0. The third-order valence-corrected chi connectivity index (χ3v) is 14.6. The molecule has 0 spiro atoms. The summed E-state index contributed by atoms with van der Waals surface area (Å²) >= 11 is -0.640. The molecule has 4 bridgehead atoms. The van der Waals surface area contributed by atoms with Gasteiger partial charge in [0.1, 0.15) is 0 Å². The van der Waals surface area contributed by atoms with Crippen molar-refractivity contribution in [2.24, 2.45) is 0 Å². The Bertz CT molecular complexity index is 466. The van der Waals surface area contributed by atoms with Gasteiger partial charge < -0.3 is 34.0 Å². The van der Waals surface area contributed by atoms with Gasteiger partial charge in [-0.2, -0.15) is 0 Å². The van der Waals surface area contributed by atoms with Gasteiger partial charge in [0.2, 0.25) is 0 Å². The molecule has 1 aliphatic heterocycles. The third-order valence-electron chi connectivity index (χ3n) is 4.38. The van der Waals surface area contributed by atoms with Gasteiger partial charge in [0, 0.05) is 0 Å². The van der Waals surface area contributed by atoms with E-state index in [1.807, 2.05) is 6.66 Å². The Morgan fingerprint density at radius 2 is 1.28 bits per heavy atom. The van der Waals surface area contributed by atoms with Crippen LogP contribution in [0.3, 0.4) is 0 Å². The summed E-state index contributed by atoms with van der Waals surface area (Å²) < 4.78 is 3.78. The van der Waals surface area contributed by atoms with E-state index < -0.39 is 31.0 Å². The van der Waals surface area contributed by atoms with E-state index in [9.17, 15) is 0 Å². The number of halogens is 2. The Labute approximate surface area is 144 Å². The Kier molecular flexibility index (Phi) is 5.48. The first-order valence-corrected chi connectivity index (χ1v) is 12.7. The van der Waals surface area contributed by atoms with E-state index in [-0.39, 0.29) is 34.0 Å². The topological polar surface area (TPSA) is 0 Å². The minimum Gasteiger partial charge on any atom is -1.00 e. The van der Waals surface area contributed by atoms with E-state index in [2.05, 4.69) is 39.1 Å². The van der Waals surface area contributed by atoms with E-state index in [0.29, 0.717) is 0 Å². The van der Waals surface area contributed by atoms with Gasteiger partial charge in [-0.1, -0.05) is 0 Å². The van der Waals surface area contributed by atoms with Crippen LogP contribution in [0.1, 0.15) is 26.7 Å². The van der Waals surface area contributed by atoms with Crippen LogP contribution < -0.4 is 34.0 Å². The zero-order valence-electron chi connectivity index (χ0n) is 11.3. The van der Waals surface area contributed by atoms with E-state index in [0.717, 1.165) is 0 Å². The van der Waals surface area contributed by atoms with Crippen molar-refractivity contribution in [1.29, 1.82) is 0 Å². The molecule has 0 aromatic rings. The molecule has 0 aromatic carbocycles. The fourth-order valence-corrected chi connectivity index (χ4v) is 13.1. The number of rotatable bonds is 0. The molecule has 2 aliphatic carbocycles. The molecule has 0 N–H and O–H groups in total. The van der Waals surface area contributed by atoms with Gasteiger partial charge in [-0.15, -0.1) is 0 Å². The number of fused-ring (bicyclic) bond motifs is 2. The van der Waals surface area contributed by atoms with Gasteiger partial charge >= 0.3 is 111 Å². The molecule has 0 saturated carbocycles. The van der Waals surface area contributed by atoms with Crippen molar-refractivity contribution in [1.82, 2.24) is 0 Å². The smallest absolute Gasteiger partial charge is 1.00 e. The second-order valence-electron chi connectivity index (χ2n) is 5.60. The van der Waals surface area contributed by atoms with E-state index >= 15 is 0 Å². The molecule has 4 heteroatoms. The molecular weight excluding hydrogens is 535 g/mol. The maximum atomic E-state index is 2.57. The second kappa shape index (κ2) is 5.78. The zero-order chi connectivity index (χ0) is 11.5. The Balaban J connectivity index is 0.000000810. The number of hydrogen-bond donors (Lipinski definition) is 0. The molecule has 3 aliphatic rings. The largest absolute Gasteiger partial charge is 1.00 e. The van der Waals surface area contributed by atoms with Crippen molar-refractivity contribution in [2.45, 2.75) is 39.8 Å². The van der Waals surface area contributed by atoms with Crippen LogP contribution in [-0.2, 0) is 22.9 Å². The van der Waals surface area contributed by atoms with Gasteiger partial charge in [-0.3, -0.25) is 0 Å². The molecule has 0 fully saturated rings. The molecule has 0 atom stereocenters. The summed E-state index contributed by atoms with van der Waals surface area (Å²) in [5, 5.41) is 3.53. The quantitative estimate of drug-likeness (QED) is 0.308. The van der Waals surface area contributed by atoms with Gasteiger partial charge in [-0.25, -0.2) is 0 Å². The molecule has 0 aromatic heterocycles. The van der Waals surface area contributed by atoms with Crippen LogP contribution in [0.5, 0.6) is 0 Å². The Morgan fingerprint density at radius 3 is 1.67 bits per heavy atom.